The Bertz CT molecular complexity index is 167. The summed E-state index contributed by atoms with van der Waals surface area (Å²) >= 11 is 0. The van der Waals surface area contributed by atoms with E-state index in [0.717, 1.165) is 6.08 Å². The second-order valence-corrected chi connectivity index (χ2v) is 1.74. The van der Waals surface area contributed by atoms with Crippen LogP contribution in [0, 0.1) is 0 Å². The first kappa shape index (κ1) is 9.64. The summed E-state index contributed by atoms with van der Waals surface area (Å²) in [5.41, 5.74) is 5.09. The average Bonchev–Trinajstić information content (AvgIpc) is 2.00. The largest absolute Gasteiger partial charge is 0.337 e. The van der Waals surface area contributed by atoms with E-state index in [4.69, 9.17) is 5.73 Å². The lowest BCUT2D eigenvalue weighted by atomic mass is 10.6. The van der Waals surface area contributed by atoms with Crippen LogP contribution in [0.25, 0.3) is 0 Å². The van der Waals surface area contributed by atoms with Crippen molar-refractivity contribution in [2.75, 3.05) is 13.1 Å². The smallest absolute Gasteiger partial charge is 0.321 e. The fraction of sp³-hybridized carbons (Fsp3) is 0.333. The number of rotatable bonds is 3. The zero-order chi connectivity index (χ0) is 8.69. The van der Waals surface area contributed by atoms with Gasteiger partial charge in [-0.1, -0.05) is 6.58 Å². The van der Waals surface area contributed by atoms with Gasteiger partial charge in [-0.2, -0.15) is 0 Å². The van der Waals surface area contributed by atoms with E-state index in [-0.39, 0.29) is 0 Å². The van der Waals surface area contributed by atoms with Crippen LogP contribution in [0.4, 0.5) is 4.79 Å². The van der Waals surface area contributed by atoms with Crippen molar-refractivity contribution in [3.63, 3.8) is 0 Å². The predicted octanol–water partition coefficient (Wildman–Crippen LogP) is -1.04. The highest BCUT2D eigenvalue weighted by atomic mass is 16.2. The highest BCUT2D eigenvalue weighted by Crippen LogP contribution is 1.67. The lowest BCUT2D eigenvalue weighted by molar-refractivity contribution is -0.115. The predicted molar refractivity (Wildman–Crippen MR) is 40.8 cm³/mol. The summed E-state index contributed by atoms with van der Waals surface area (Å²) in [4.78, 5) is 21.1. The van der Waals surface area contributed by atoms with Crippen LogP contribution in [0.5, 0.6) is 0 Å². The number of carbonyl (C=O) groups excluding carboxylic acids is 2. The van der Waals surface area contributed by atoms with E-state index < -0.39 is 11.9 Å². The number of hydrogen-bond donors (Lipinski definition) is 3. The molecule has 0 aliphatic rings. The third-order valence-electron chi connectivity index (χ3n) is 0.852. The molecule has 0 rings (SSSR count). The van der Waals surface area contributed by atoms with Crippen molar-refractivity contribution < 1.29 is 9.59 Å². The number of nitrogens with one attached hydrogen (secondary N) is 2. The number of urea groups is 1. The molecule has 0 saturated carbocycles. The van der Waals surface area contributed by atoms with Gasteiger partial charge < -0.3 is 11.1 Å². The summed E-state index contributed by atoms with van der Waals surface area (Å²) < 4.78 is 0. The second kappa shape index (κ2) is 5.43. The van der Waals surface area contributed by atoms with E-state index in [9.17, 15) is 9.59 Å². The molecule has 0 aromatic heterocycles. The minimum Gasteiger partial charge on any atom is -0.337 e. The summed E-state index contributed by atoms with van der Waals surface area (Å²) in [7, 11) is 0. The van der Waals surface area contributed by atoms with Crippen LogP contribution in [-0.2, 0) is 4.79 Å². The minimum atomic E-state index is -0.555. The average molecular weight is 157 g/mol. The van der Waals surface area contributed by atoms with Gasteiger partial charge in [-0.3, -0.25) is 10.1 Å². The Morgan fingerprint density at radius 3 is 2.64 bits per heavy atom. The zero-order valence-electron chi connectivity index (χ0n) is 6.09. The Labute approximate surface area is 64.6 Å². The maximum atomic E-state index is 10.6. The van der Waals surface area contributed by atoms with Gasteiger partial charge >= 0.3 is 6.03 Å². The number of carbonyl (C=O) groups is 2. The van der Waals surface area contributed by atoms with Crippen molar-refractivity contribution >= 4 is 11.9 Å². The molecule has 0 fully saturated rings. The van der Waals surface area contributed by atoms with Gasteiger partial charge in [0, 0.05) is 13.1 Å². The number of amides is 3. The van der Waals surface area contributed by atoms with Gasteiger partial charge in [0.1, 0.15) is 0 Å². The highest BCUT2D eigenvalue weighted by Gasteiger charge is 2.00. The van der Waals surface area contributed by atoms with Gasteiger partial charge in [-0.15, -0.1) is 0 Å². The van der Waals surface area contributed by atoms with E-state index in [0.29, 0.717) is 13.1 Å². The molecule has 0 radical (unpaired) electrons. The van der Waals surface area contributed by atoms with Crippen molar-refractivity contribution in [2.24, 2.45) is 5.73 Å². The maximum Gasteiger partial charge on any atom is 0.321 e. The molecule has 0 bridgehead atoms. The van der Waals surface area contributed by atoms with Gasteiger partial charge in [-0.05, 0) is 6.08 Å². The van der Waals surface area contributed by atoms with Crippen LogP contribution in [0.3, 0.4) is 0 Å². The molecule has 0 aromatic rings. The molecular formula is C6H11N3O2. The standard InChI is InChI=1S/C6H11N3O2/c1-2-5(10)9-6(11)8-4-3-7/h2H,1,3-4,7H2,(H2,8,9,10,11). The molecule has 0 heterocycles. The Kier molecular flexibility index (Phi) is 4.76. The fourth-order valence-corrected chi connectivity index (χ4v) is 0.393. The Hall–Kier alpha value is -1.36. The summed E-state index contributed by atoms with van der Waals surface area (Å²) in [6.07, 6.45) is 1.02. The maximum absolute atomic E-state index is 10.6. The molecule has 0 saturated heterocycles. The SMILES string of the molecule is C=CC(=O)NC(=O)NCCN. The van der Waals surface area contributed by atoms with Gasteiger partial charge in [0.25, 0.3) is 5.91 Å². The van der Waals surface area contributed by atoms with Crippen LogP contribution < -0.4 is 16.4 Å². The van der Waals surface area contributed by atoms with Crippen LogP contribution in [-0.4, -0.2) is 25.0 Å². The molecule has 11 heavy (non-hydrogen) atoms. The Morgan fingerprint density at radius 1 is 1.55 bits per heavy atom. The van der Waals surface area contributed by atoms with Crippen LogP contribution in [0.2, 0.25) is 0 Å². The van der Waals surface area contributed by atoms with E-state index >= 15 is 0 Å². The van der Waals surface area contributed by atoms with Crippen LogP contribution in [0.1, 0.15) is 0 Å². The molecule has 4 N–H and O–H groups in total. The van der Waals surface area contributed by atoms with E-state index in [1.165, 1.54) is 0 Å². The Balaban J connectivity index is 3.52. The summed E-state index contributed by atoms with van der Waals surface area (Å²) in [5, 5.41) is 4.36. The quantitative estimate of drug-likeness (QED) is 0.457. The van der Waals surface area contributed by atoms with Crippen molar-refractivity contribution in [2.45, 2.75) is 0 Å². The van der Waals surface area contributed by atoms with Crippen molar-refractivity contribution in [3.05, 3.63) is 12.7 Å². The molecule has 3 amide bonds. The third-order valence-corrected chi connectivity index (χ3v) is 0.852. The van der Waals surface area contributed by atoms with Gasteiger partial charge in [-0.25, -0.2) is 4.79 Å². The molecule has 0 aromatic carbocycles. The third kappa shape index (κ3) is 5.10. The van der Waals surface area contributed by atoms with Crippen LogP contribution in [0.15, 0.2) is 12.7 Å². The Morgan fingerprint density at radius 2 is 2.18 bits per heavy atom. The summed E-state index contributed by atoms with van der Waals surface area (Å²) in [6, 6.07) is -0.555. The second-order valence-electron chi connectivity index (χ2n) is 1.74. The number of hydrogen-bond acceptors (Lipinski definition) is 3. The molecule has 5 heteroatoms. The first-order valence-corrected chi connectivity index (χ1v) is 3.12. The van der Waals surface area contributed by atoms with E-state index in [2.05, 4.69) is 11.9 Å². The minimum absolute atomic E-state index is 0.343. The highest BCUT2D eigenvalue weighted by molar-refractivity contribution is 5.99. The van der Waals surface area contributed by atoms with Crippen molar-refractivity contribution in [1.82, 2.24) is 10.6 Å². The molecule has 0 aliphatic carbocycles. The summed E-state index contributed by atoms with van der Waals surface area (Å²) in [6.45, 7) is 3.86. The molecule has 0 aliphatic heterocycles. The monoisotopic (exact) mass is 157 g/mol. The normalized spacial score (nSPS) is 8.45. The topological polar surface area (TPSA) is 84.2 Å². The number of nitrogens with two attached hydrogens (primary N) is 1. The molecule has 62 valence electrons. The molecular weight excluding hydrogens is 146 g/mol. The molecule has 5 nitrogen and oxygen atoms in total. The van der Waals surface area contributed by atoms with Crippen LogP contribution >= 0.6 is 0 Å². The molecule has 0 unspecified atom stereocenters. The van der Waals surface area contributed by atoms with Crippen molar-refractivity contribution in [1.29, 1.82) is 0 Å². The van der Waals surface area contributed by atoms with Gasteiger partial charge in [0.15, 0.2) is 0 Å². The lowest BCUT2D eigenvalue weighted by Crippen LogP contribution is -2.40. The van der Waals surface area contributed by atoms with Crippen molar-refractivity contribution in [3.8, 4) is 0 Å². The van der Waals surface area contributed by atoms with E-state index in [1.54, 1.807) is 0 Å². The first-order valence-electron chi connectivity index (χ1n) is 3.12. The van der Waals surface area contributed by atoms with Gasteiger partial charge in [0.05, 0.1) is 0 Å². The zero-order valence-corrected chi connectivity index (χ0v) is 6.09. The first-order chi connectivity index (χ1) is 5.20. The summed E-state index contributed by atoms with van der Waals surface area (Å²) in [5.74, 6) is -0.528. The van der Waals surface area contributed by atoms with E-state index in [1.807, 2.05) is 5.32 Å². The van der Waals surface area contributed by atoms with Gasteiger partial charge in [0.2, 0.25) is 0 Å². The molecule has 0 atom stereocenters. The number of imide groups is 1. The lowest BCUT2D eigenvalue weighted by Gasteiger charge is -2.01. The molecule has 0 spiro atoms. The fourth-order valence-electron chi connectivity index (χ4n) is 0.393.